The van der Waals surface area contributed by atoms with E-state index in [1.165, 1.54) is 76.8 Å². The zero-order valence-corrected chi connectivity index (χ0v) is 26.7. The lowest BCUT2D eigenvalue weighted by Gasteiger charge is -2.20. The summed E-state index contributed by atoms with van der Waals surface area (Å²) in [5.74, 6) is 0. The maximum absolute atomic E-state index is 6.19. The zero-order valence-electron chi connectivity index (χ0n) is 26.7. The molecule has 49 heavy (non-hydrogen) atoms. The fraction of sp³-hybridized carbons (Fsp3) is 0. The Morgan fingerprint density at radius 3 is 1.53 bits per heavy atom. The molecule has 1 aromatic heterocycles. The molecule has 10 rings (SSSR count). The highest BCUT2D eigenvalue weighted by atomic mass is 16.3. The first-order chi connectivity index (χ1) is 24.3. The van der Waals surface area contributed by atoms with Crippen molar-refractivity contribution in [1.82, 2.24) is 0 Å². The van der Waals surface area contributed by atoms with Gasteiger partial charge in [-0.1, -0.05) is 158 Å². The molecule has 0 radical (unpaired) electrons. The van der Waals surface area contributed by atoms with Crippen molar-refractivity contribution < 1.29 is 4.42 Å². The van der Waals surface area contributed by atoms with E-state index in [9.17, 15) is 0 Å². The van der Waals surface area contributed by atoms with E-state index < -0.39 is 0 Å². The third-order valence-corrected chi connectivity index (χ3v) is 10.1. The summed E-state index contributed by atoms with van der Waals surface area (Å²) in [4.78, 5) is 0. The molecule has 0 bridgehead atoms. The topological polar surface area (TPSA) is 13.1 Å². The van der Waals surface area contributed by atoms with Crippen LogP contribution in [0, 0.1) is 0 Å². The van der Waals surface area contributed by atoms with Crippen LogP contribution in [0.3, 0.4) is 0 Å². The van der Waals surface area contributed by atoms with E-state index >= 15 is 0 Å². The SMILES string of the molecule is c1ccc(-c2ccc3cccc(-c4c5ccccc5c(-c5ccccc5-c5ccc6oc7ccccc7c6c5)c5ccccc45)c3c2)cc1. The molecule has 0 aliphatic heterocycles. The van der Waals surface area contributed by atoms with Gasteiger partial charge in [0.25, 0.3) is 0 Å². The Labute approximate surface area is 284 Å². The van der Waals surface area contributed by atoms with Crippen molar-refractivity contribution >= 4 is 54.3 Å². The third kappa shape index (κ3) is 4.40. The smallest absolute Gasteiger partial charge is 0.135 e. The molecule has 0 aliphatic carbocycles. The fourth-order valence-electron chi connectivity index (χ4n) is 7.86. The van der Waals surface area contributed by atoms with Crippen molar-refractivity contribution in [3.8, 4) is 44.5 Å². The number of hydrogen-bond acceptors (Lipinski definition) is 1. The van der Waals surface area contributed by atoms with E-state index in [1.807, 2.05) is 12.1 Å². The number of hydrogen-bond donors (Lipinski definition) is 0. The lowest BCUT2D eigenvalue weighted by Crippen LogP contribution is -1.93. The molecule has 0 amide bonds. The van der Waals surface area contributed by atoms with Gasteiger partial charge in [0, 0.05) is 10.8 Å². The largest absolute Gasteiger partial charge is 0.456 e. The molecule has 0 saturated heterocycles. The fourth-order valence-corrected chi connectivity index (χ4v) is 7.86. The van der Waals surface area contributed by atoms with Gasteiger partial charge in [0.1, 0.15) is 11.2 Å². The number of para-hydroxylation sites is 1. The van der Waals surface area contributed by atoms with Gasteiger partial charge in [-0.15, -0.1) is 0 Å². The van der Waals surface area contributed by atoms with Gasteiger partial charge >= 0.3 is 0 Å². The van der Waals surface area contributed by atoms with Gasteiger partial charge in [0.2, 0.25) is 0 Å². The van der Waals surface area contributed by atoms with Gasteiger partial charge < -0.3 is 4.42 Å². The molecule has 0 saturated carbocycles. The third-order valence-electron chi connectivity index (χ3n) is 10.1. The molecule has 0 unspecified atom stereocenters. The average molecular weight is 623 g/mol. The van der Waals surface area contributed by atoms with Crippen LogP contribution in [-0.4, -0.2) is 0 Å². The summed E-state index contributed by atoms with van der Waals surface area (Å²) in [6, 6.07) is 65.9. The molecule has 228 valence electrons. The standard InChI is InChI=1S/C48H30O/c1-2-13-31(14-3-1)33-26-25-32-15-12-23-42(43(32)29-33)48-40-21-8-6-19-38(40)47(39-20-7-9-22-41(39)48)37-18-5-4-16-35(37)34-27-28-46-44(30-34)36-17-10-11-24-45(36)49-46/h1-30H. The van der Waals surface area contributed by atoms with Crippen LogP contribution in [0.25, 0.3) is 98.8 Å². The minimum absolute atomic E-state index is 0.910. The lowest BCUT2D eigenvalue weighted by atomic mass is 9.82. The first-order valence-electron chi connectivity index (χ1n) is 16.8. The second-order valence-electron chi connectivity index (χ2n) is 12.8. The molecule has 0 aliphatic rings. The molecule has 10 aromatic rings. The normalized spacial score (nSPS) is 11.7. The highest BCUT2D eigenvalue weighted by Gasteiger charge is 2.20. The molecule has 0 fully saturated rings. The molecule has 9 aromatic carbocycles. The van der Waals surface area contributed by atoms with Gasteiger partial charge in [-0.25, -0.2) is 0 Å². The van der Waals surface area contributed by atoms with Crippen LogP contribution in [-0.2, 0) is 0 Å². The van der Waals surface area contributed by atoms with Gasteiger partial charge in [0.15, 0.2) is 0 Å². The quantitative estimate of drug-likeness (QED) is 0.178. The highest BCUT2D eigenvalue weighted by molar-refractivity contribution is 6.24. The molecule has 0 atom stereocenters. The van der Waals surface area contributed by atoms with Gasteiger partial charge in [0.05, 0.1) is 0 Å². The number of benzene rings is 9. The van der Waals surface area contributed by atoms with Crippen LogP contribution in [0.4, 0.5) is 0 Å². The summed E-state index contributed by atoms with van der Waals surface area (Å²) < 4.78 is 6.19. The maximum atomic E-state index is 6.19. The van der Waals surface area contributed by atoms with Crippen LogP contribution in [0.2, 0.25) is 0 Å². The molecule has 1 heterocycles. The second-order valence-corrected chi connectivity index (χ2v) is 12.8. The number of rotatable bonds is 4. The predicted molar refractivity (Wildman–Crippen MR) is 208 cm³/mol. The summed E-state index contributed by atoms with van der Waals surface area (Å²) in [7, 11) is 0. The first-order valence-corrected chi connectivity index (χ1v) is 16.8. The van der Waals surface area contributed by atoms with E-state index in [0.717, 1.165) is 21.9 Å². The van der Waals surface area contributed by atoms with Crippen LogP contribution in [0.5, 0.6) is 0 Å². The van der Waals surface area contributed by atoms with Crippen LogP contribution in [0.1, 0.15) is 0 Å². The van der Waals surface area contributed by atoms with Gasteiger partial charge in [-0.05, 0) is 101 Å². The monoisotopic (exact) mass is 622 g/mol. The van der Waals surface area contributed by atoms with Crippen molar-refractivity contribution in [2.45, 2.75) is 0 Å². The maximum Gasteiger partial charge on any atom is 0.135 e. The Bertz CT molecular complexity index is 2820. The molecule has 0 spiro atoms. The predicted octanol–water partition coefficient (Wildman–Crippen LogP) is 13.7. The Morgan fingerprint density at radius 1 is 0.265 bits per heavy atom. The average Bonchev–Trinajstić information content (AvgIpc) is 3.55. The number of fused-ring (bicyclic) bond motifs is 6. The second kappa shape index (κ2) is 11.1. The Kier molecular flexibility index (Phi) is 6.25. The number of furan rings is 1. The van der Waals surface area contributed by atoms with E-state index in [-0.39, 0.29) is 0 Å². The van der Waals surface area contributed by atoms with E-state index in [1.54, 1.807) is 0 Å². The van der Waals surface area contributed by atoms with Crippen LogP contribution >= 0.6 is 0 Å². The Morgan fingerprint density at radius 2 is 0.796 bits per heavy atom. The Balaban J connectivity index is 1.26. The first kappa shape index (κ1) is 27.7. The van der Waals surface area contributed by atoms with Gasteiger partial charge in [-0.3, -0.25) is 0 Å². The summed E-state index contributed by atoms with van der Waals surface area (Å²) in [5.41, 5.74) is 11.7. The van der Waals surface area contributed by atoms with E-state index in [4.69, 9.17) is 4.42 Å². The Hall–Kier alpha value is -6.44. The molecular weight excluding hydrogens is 593 g/mol. The highest BCUT2D eigenvalue weighted by Crippen LogP contribution is 2.47. The van der Waals surface area contributed by atoms with Crippen molar-refractivity contribution in [1.29, 1.82) is 0 Å². The summed E-state index contributed by atoms with van der Waals surface area (Å²) in [5, 5.41) is 9.76. The minimum atomic E-state index is 0.910. The molecule has 1 nitrogen and oxygen atoms in total. The van der Waals surface area contributed by atoms with Crippen molar-refractivity contribution in [2.75, 3.05) is 0 Å². The van der Waals surface area contributed by atoms with Crippen molar-refractivity contribution in [3.05, 3.63) is 182 Å². The zero-order chi connectivity index (χ0) is 32.3. The summed E-state index contributed by atoms with van der Waals surface area (Å²) >= 11 is 0. The van der Waals surface area contributed by atoms with Crippen molar-refractivity contribution in [2.24, 2.45) is 0 Å². The molecule has 0 N–H and O–H groups in total. The minimum Gasteiger partial charge on any atom is -0.456 e. The van der Waals surface area contributed by atoms with E-state index in [0.29, 0.717) is 0 Å². The molecule has 1 heteroatoms. The summed E-state index contributed by atoms with van der Waals surface area (Å²) in [6.07, 6.45) is 0. The summed E-state index contributed by atoms with van der Waals surface area (Å²) in [6.45, 7) is 0. The van der Waals surface area contributed by atoms with Crippen LogP contribution in [0.15, 0.2) is 186 Å². The van der Waals surface area contributed by atoms with Crippen molar-refractivity contribution in [3.63, 3.8) is 0 Å². The van der Waals surface area contributed by atoms with Gasteiger partial charge in [-0.2, -0.15) is 0 Å². The molecular formula is C48H30O. The van der Waals surface area contributed by atoms with E-state index in [2.05, 4.69) is 170 Å². The van der Waals surface area contributed by atoms with Crippen LogP contribution < -0.4 is 0 Å². The lowest BCUT2D eigenvalue weighted by molar-refractivity contribution is 0.669.